The summed E-state index contributed by atoms with van der Waals surface area (Å²) in [6.07, 6.45) is 1.47. The van der Waals surface area contributed by atoms with Crippen LogP contribution in [-0.4, -0.2) is 21.0 Å². The summed E-state index contributed by atoms with van der Waals surface area (Å²) < 4.78 is 0. The number of rotatable bonds is 2. The Morgan fingerprint density at radius 1 is 1.57 bits per heavy atom. The summed E-state index contributed by atoms with van der Waals surface area (Å²) in [5, 5.41) is 9.07. The number of aromatic amines is 1. The Labute approximate surface area is 84.5 Å². The van der Waals surface area contributed by atoms with Crippen molar-refractivity contribution in [3.05, 3.63) is 29.0 Å². The molecule has 0 atom stereocenters. The highest BCUT2D eigenvalue weighted by Gasteiger charge is 2.08. The highest BCUT2D eigenvalue weighted by atomic mass is 35.5. The minimum atomic E-state index is -0.897. The Balaban J connectivity index is 2.53. The molecule has 0 radical (unpaired) electrons. The van der Waals surface area contributed by atoms with Crippen LogP contribution in [0.5, 0.6) is 0 Å². The van der Waals surface area contributed by atoms with Crippen LogP contribution in [-0.2, 0) is 11.2 Å². The van der Waals surface area contributed by atoms with Gasteiger partial charge in [0.05, 0.1) is 23.8 Å². The summed E-state index contributed by atoms with van der Waals surface area (Å²) in [7, 11) is 0. The molecule has 1 aromatic carbocycles. The monoisotopic (exact) mass is 210 g/mol. The second kappa shape index (κ2) is 3.31. The largest absolute Gasteiger partial charge is 0.481 e. The van der Waals surface area contributed by atoms with Crippen LogP contribution in [0.3, 0.4) is 0 Å². The number of carbonyl (C=O) groups is 1. The normalized spacial score (nSPS) is 10.6. The third-order valence-corrected chi connectivity index (χ3v) is 2.28. The Morgan fingerprint density at radius 2 is 2.36 bits per heavy atom. The summed E-state index contributed by atoms with van der Waals surface area (Å²) in [4.78, 5) is 17.4. The van der Waals surface area contributed by atoms with E-state index in [0.29, 0.717) is 10.6 Å². The first kappa shape index (κ1) is 9.02. The van der Waals surface area contributed by atoms with Crippen molar-refractivity contribution in [2.75, 3.05) is 0 Å². The number of fused-ring (bicyclic) bond motifs is 1. The number of carboxylic acids is 1. The summed E-state index contributed by atoms with van der Waals surface area (Å²) in [6, 6.07) is 3.37. The Hall–Kier alpha value is -1.55. The van der Waals surface area contributed by atoms with Crippen molar-refractivity contribution >= 4 is 28.6 Å². The molecule has 0 aliphatic carbocycles. The van der Waals surface area contributed by atoms with Gasteiger partial charge < -0.3 is 10.1 Å². The molecule has 0 spiro atoms. The highest BCUT2D eigenvalue weighted by Crippen LogP contribution is 2.22. The van der Waals surface area contributed by atoms with Crippen LogP contribution in [0.1, 0.15) is 5.56 Å². The maximum absolute atomic E-state index is 10.5. The van der Waals surface area contributed by atoms with Crippen LogP contribution in [0.2, 0.25) is 5.02 Å². The Kier molecular flexibility index (Phi) is 2.13. The molecule has 0 aliphatic rings. The van der Waals surface area contributed by atoms with Gasteiger partial charge in [0.2, 0.25) is 0 Å². The minimum Gasteiger partial charge on any atom is -0.481 e. The van der Waals surface area contributed by atoms with Gasteiger partial charge in [-0.1, -0.05) is 11.6 Å². The number of hydrogen-bond donors (Lipinski definition) is 2. The van der Waals surface area contributed by atoms with Gasteiger partial charge in [-0.15, -0.1) is 0 Å². The number of nitrogens with zero attached hydrogens (tertiary/aromatic N) is 1. The molecule has 0 fully saturated rings. The lowest BCUT2D eigenvalue weighted by atomic mass is 10.1. The predicted octanol–water partition coefficient (Wildman–Crippen LogP) is 1.84. The van der Waals surface area contributed by atoms with Gasteiger partial charge in [-0.2, -0.15) is 0 Å². The molecule has 1 heterocycles. The van der Waals surface area contributed by atoms with E-state index in [1.807, 2.05) is 0 Å². The van der Waals surface area contributed by atoms with E-state index in [4.69, 9.17) is 16.7 Å². The average molecular weight is 211 g/mol. The van der Waals surface area contributed by atoms with Crippen LogP contribution < -0.4 is 0 Å². The van der Waals surface area contributed by atoms with Gasteiger partial charge in [0, 0.05) is 5.02 Å². The van der Waals surface area contributed by atoms with E-state index in [2.05, 4.69) is 9.97 Å². The smallest absolute Gasteiger partial charge is 0.307 e. The van der Waals surface area contributed by atoms with Gasteiger partial charge in [-0.05, 0) is 17.7 Å². The topological polar surface area (TPSA) is 66.0 Å². The van der Waals surface area contributed by atoms with Gasteiger partial charge in [0.25, 0.3) is 0 Å². The number of aliphatic carboxylic acids is 1. The Morgan fingerprint density at radius 3 is 3.07 bits per heavy atom. The molecule has 14 heavy (non-hydrogen) atoms. The number of aromatic nitrogens is 2. The fourth-order valence-corrected chi connectivity index (χ4v) is 1.52. The highest BCUT2D eigenvalue weighted by molar-refractivity contribution is 6.32. The van der Waals surface area contributed by atoms with Crippen molar-refractivity contribution in [2.24, 2.45) is 0 Å². The fourth-order valence-electron chi connectivity index (χ4n) is 1.30. The number of H-pyrrole nitrogens is 1. The van der Waals surface area contributed by atoms with Gasteiger partial charge in [-0.3, -0.25) is 4.79 Å². The van der Waals surface area contributed by atoms with Gasteiger partial charge in [0.1, 0.15) is 0 Å². The van der Waals surface area contributed by atoms with Gasteiger partial charge in [0.15, 0.2) is 0 Å². The van der Waals surface area contributed by atoms with Crippen LogP contribution in [0.15, 0.2) is 18.5 Å². The standard InChI is InChI=1S/C9H7ClN2O2/c10-6-3-8-7(11-4-12-8)1-5(6)2-9(13)14/h1,3-4H,2H2,(H,11,12)(H,13,14). The first-order chi connectivity index (χ1) is 6.66. The van der Waals surface area contributed by atoms with Crippen molar-refractivity contribution in [2.45, 2.75) is 6.42 Å². The second-order valence-corrected chi connectivity index (χ2v) is 3.34. The quantitative estimate of drug-likeness (QED) is 0.795. The zero-order valence-corrected chi connectivity index (χ0v) is 7.88. The van der Waals surface area contributed by atoms with Crippen molar-refractivity contribution in [1.82, 2.24) is 9.97 Å². The summed E-state index contributed by atoms with van der Waals surface area (Å²) >= 11 is 5.89. The van der Waals surface area contributed by atoms with Crippen molar-refractivity contribution in [1.29, 1.82) is 0 Å². The van der Waals surface area contributed by atoms with E-state index >= 15 is 0 Å². The van der Waals surface area contributed by atoms with Crippen LogP contribution in [0.4, 0.5) is 0 Å². The molecule has 0 aliphatic heterocycles. The lowest BCUT2D eigenvalue weighted by molar-refractivity contribution is -0.136. The number of imidazole rings is 1. The lowest BCUT2D eigenvalue weighted by Gasteiger charge is -2.00. The maximum atomic E-state index is 10.5. The van der Waals surface area contributed by atoms with Crippen molar-refractivity contribution in [3.63, 3.8) is 0 Å². The molecule has 2 N–H and O–H groups in total. The molecule has 5 heteroatoms. The van der Waals surface area contributed by atoms with Gasteiger partial charge >= 0.3 is 5.97 Å². The molecule has 0 saturated heterocycles. The van der Waals surface area contributed by atoms with E-state index in [0.717, 1.165) is 11.0 Å². The number of hydrogen-bond acceptors (Lipinski definition) is 2. The molecule has 0 bridgehead atoms. The molecule has 4 nitrogen and oxygen atoms in total. The summed E-state index contributed by atoms with van der Waals surface area (Å²) in [5.74, 6) is -0.897. The fraction of sp³-hybridized carbons (Fsp3) is 0.111. The summed E-state index contributed by atoms with van der Waals surface area (Å²) in [6.45, 7) is 0. The first-order valence-electron chi connectivity index (χ1n) is 4.00. The molecule has 72 valence electrons. The average Bonchev–Trinajstić information content (AvgIpc) is 2.51. The molecule has 0 unspecified atom stereocenters. The molecule has 2 aromatic rings. The minimum absolute atomic E-state index is 0.0756. The van der Waals surface area contributed by atoms with Gasteiger partial charge in [-0.25, -0.2) is 4.98 Å². The van der Waals surface area contributed by atoms with Crippen LogP contribution in [0.25, 0.3) is 11.0 Å². The summed E-state index contributed by atoms with van der Waals surface area (Å²) in [5.41, 5.74) is 2.13. The molecule has 0 saturated carbocycles. The van der Waals surface area contributed by atoms with E-state index in [1.165, 1.54) is 0 Å². The third kappa shape index (κ3) is 1.56. The third-order valence-electron chi connectivity index (χ3n) is 1.93. The van der Waals surface area contributed by atoms with Crippen LogP contribution >= 0.6 is 11.6 Å². The zero-order chi connectivity index (χ0) is 10.1. The first-order valence-corrected chi connectivity index (χ1v) is 4.38. The zero-order valence-electron chi connectivity index (χ0n) is 7.12. The number of halogens is 1. The molecular weight excluding hydrogens is 204 g/mol. The van der Waals surface area contributed by atoms with E-state index in [-0.39, 0.29) is 6.42 Å². The van der Waals surface area contributed by atoms with Crippen molar-refractivity contribution < 1.29 is 9.90 Å². The SMILES string of the molecule is O=C(O)Cc1cc2[nH]cnc2cc1Cl. The molecule has 2 rings (SSSR count). The molecular formula is C9H7ClN2O2. The number of carboxylic acid groups (broad SMARTS) is 1. The maximum Gasteiger partial charge on any atom is 0.307 e. The van der Waals surface area contributed by atoms with E-state index in [1.54, 1.807) is 18.5 Å². The van der Waals surface area contributed by atoms with Crippen LogP contribution in [0, 0.1) is 0 Å². The molecule has 0 amide bonds. The van der Waals surface area contributed by atoms with Crippen molar-refractivity contribution in [3.8, 4) is 0 Å². The predicted molar refractivity (Wildman–Crippen MR) is 52.4 cm³/mol. The second-order valence-electron chi connectivity index (χ2n) is 2.93. The number of benzene rings is 1. The molecule has 1 aromatic heterocycles. The Bertz CT molecular complexity index is 493. The van der Waals surface area contributed by atoms with E-state index < -0.39 is 5.97 Å². The van der Waals surface area contributed by atoms with E-state index in [9.17, 15) is 4.79 Å². The lowest BCUT2D eigenvalue weighted by Crippen LogP contribution is -2.00. The number of nitrogens with one attached hydrogen (secondary N) is 1.